The van der Waals surface area contributed by atoms with Gasteiger partial charge in [0.2, 0.25) is 0 Å². The molecule has 2 rings (SSSR count). The van der Waals surface area contributed by atoms with E-state index >= 15 is 0 Å². The number of hydrogen-bond acceptors (Lipinski definition) is 3. The van der Waals surface area contributed by atoms with Crippen LogP contribution in [0.2, 0.25) is 0 Å². The van der Waals surface area contributed by atoms with E-state index in [1.807, 2.05) is 27.7 Å². The molecule has 0 aromatic heterocycles. The lowest BCUT2D eigenvalue weighted by molar-refractivity contribution is -0.160. The van der Waals surface area contributed by atoms with Crippen LogP contribution in [0, 0.1) is 23.7 Å². The third-order valence-electron chi connectivity index (χ3n) is 4.55. The summed E-state index contributed by atoms with van der Waals surface area (Å²) in [5.41, 5.74) is 0.528. The van der Waals surface area contributed by atoms with E-state index in [0.717, 1.165) is 5.57 Å². The molecule has 2 aliphatic carbocycles. The van der Waals surface area contributed by atoms with Crippen LogP contribution in [0.25, 0.3) is 0 Å². The Morgan fingerprint density at radius 1 is 1.32 bits per heavy atom. The molecule has 4 heteroatoms. The van der Waals surface area contributed by atoms with E-state index in [0.29, 0.717) is 17.9 Å². The molecule has 0 aromatic rings. The minimum atomic E-state index is -0.490. The number of carbonyl (C=O) groups excluding carboxylic acids is 2. The molecule has 0 saturated carbocycles. The Morgan fingerprint density at radius 3 is 2.55 bits per heavy atom. The maximum absolute atomic E-state index is 12.3. The molecule has 0 fully saturated rings. The lowest BCUT2D eigenvalue weighted by Gasteiger charge is -2.26. The fourth-order valence-corrected chi connectivity index (χ4v) is 3.48. The molecule has 0 spiro atoms. The number of fused-ring (bicyclic) bond motifs is 1. The van der Waals surface area contributed by atoms with Crippen LogP contribution in [0.3, 0.4) is 0 Å². The van der Waals surface area contributed by atoms with Gasteiger partial charge in [-0.3, -0.25) is 9.59 Å². The van der Waals surface area contributed by atoms with Crippen molar-refractivity contribution in [3.8, 4) is 0 Å². The van der Waals surface area contributed by atoms with Crippen LogP contribution in [0.4, 0.5) is 0 Å². The van der Waals surface area contributed by atoms with E-state index < -0.39 is 5.60 Å². The molecule has 0 saturated heterocycles. The van der Waals surface area contributed by atoms with Crippen LogP contribution >= 0.6 is 11.6 Å². The molecule has 0 N–H and O–H groups in total. The van der Waals surface area contributed by atoms with Gasteiger partial charge in [0.25, 0.3) is 0 Å². The largest absolute Gasteiger partial charge is 0.460 e. The van der Waals surface area contributed by atoms with Crippen molar-refractivity contribution in [3.63, 3.8) is 0 Å². The summed E-state index contributed by atoms with van der Waals surface area (Å²) in [6.07, 6.45) is 5.37. The Kier molecular flexibility index (Phi) is 4.86. The number of esters is 1. The van der Waals surface area contributed by atoms with Crippen molar-refractivity contribution < 1.29 is 14.3 Å². The Hall–Kier alpha value is -1.09. The first kappa shape index (κ1) is 17.3. The summed E-state index contributed by atoms with van der Waals surface area (Å²) < 4.78 is 5.49. The molecule has 0 bridgehead atoms. The molecule has 0 unspecified atom stereocenters. The average Bonchev–Trinajstić information content (AvgIpc) is 2.57. The lowest BCUT2D eigenvalue weighted by Crippen LogP contribution is -2.30. The van der Waals surface area contributed by atoms with Crippen LogP contribution < -0.4 is 0 Å². The van der Waals surface area contributed by atoms with Gasteiger partial charge in [0, 0.05) is 6.42 Å². The highest BCUT2D eigenvalue weighted by molar-refractivity contribution is 6.43. The molecule has 0 heterocycles. The van der Waals surface area contributed by atoms with E-state index in [1.165, 1.54) is 0 Å². The summed E-state index contributed by atoms with van der Waals surface area (Å²) in [6.45, 7) is 9.60. The highest BCUT2D eigenvalue weighted by Crippen LogP contribution is 2.44. The number of hydrogen-bond donors (Lipinski definition) is 0. The number of carbonyl (C=O) groups is 2. The molecule has 0 aliphatic heterocycles. The molecular weight excluding hydrogens is 300 g/mol. The average molecular weight is 325 g/mol. The van der Waals surface area contributed by atoms with Gasteiger partial charge in [0.1, 0.15) is 5.60 Å². The van der Waals surface area contributed by atoms with E-state index in [9.17, 15) is 9.59 Å². The number of ketones is 1. The Balaban J connectivity index is 2.20. The second-order valence-corrected chi connectivity index (χ2v) is 7.89. The van der Waals surface area contributed by atoms with Crippen molar-refractivity contribution in [2.45, 2.75) is 53.1 Å². The summed E-state index contributed by atoms with van der Waals surface area (Å²) in [5.74, 6) is 0.0611. The van der Waals surface area contributed by atoms with Crippen LogP contribution in [0.5, 0.6) is 0 Å². The van der Waals surface area contributed by atoms with Gasteiger partial charge in [-0.1, -0.05) is 37.6 Å². The third-order valence-corrected chi connectivity index (χ3v) is 5.01. The van der Waals surface area contributed by atoms with Gasteiger partial charge in [0.05, 0.1) is 11.0 Å². The van der Waals surface area contributed by atoms with Crippen LogP contribution in [-0.4, -0.2) is 17.4 Å². The predicted octanol–water partition coefficient (Wildman–Crippen LogP) is 4.26. The zero-order chi connectivity index (χ0) is 16.7. The van der Waals surface area contributed by atoms with Crippen LogP contribution in [0.15, 0.2) is 22.8 Å². The normalized spacial score (nSPS) is 30.1. The monoisotopic (exact) mass is 324 g/mol. The van der Waals surface area contributed by atoms with Gasteiger partial charge in [0.15, 0.2) is 5.78 Å². The van der Waals surface area contributed by atoms with Crippen molar-refractivity contribution in [3.05, 3.63) is 22.8 Å². The van der Waals surface area contributed by atoms with Gasteiger partial charge in [-0.05, 0) is 50.5 Å². The molecule has 0 amide bonds. The highest BCUT2D eigenvalue weighted by Gasteiger charge is 2.38. The zero-order valence-electron chi connectivity index (χ0n) is 14.0. The van der Waals surface area contributed by atoms with Crippen LogP contribution in [-0.2, 0) is 14.3 Å². The van der Waals surface area contributed by atoms with E-state index in [1.54, 1.807) is 0 Å². The molecule has 2 aliphatic rings. The number of Topliss-reactive ketones (excluding diaryl/α,β-unsaturated/α-hetero) is 1. The number of ether oxygens (including phenoxy) is 1. The first-order valence-corrected chi connectivity index (χ1v) is 8.31. The van der Waals surface area contributed by atoms with Gasteiger partial charge in [-0.15, -0.1) is 0 Å². The molecule has 3 nitrogen and oxygen atoms in total. The van der Waals surface area contributed by atoms with Gasteiger partial charge < -0.3 is 4.74 Å². The number of halogens is 1. The van der Waals surface area contributed by atoms with Gasteiger partial charge in [-0.25, -0.2) is 0 Å². The second kappa shape index (κ2) is 6.19. The standard InChI is InChI=1S/C18H25ClO3/c1-10-6-7-12(11(2)17(21)22-18(3,4)5)8-14-13(10)9-15(20)16(14)19/h6-7,10-13H,8-9H2,1-5H3/t10-,11+,12+,13+/m0/s1. The molecule has 122 valence electrons. The Morgan fingerprint density at radius 2 is 1.95 bits per heavy atom. The van der Waals surface area contributed by atoms with Gasteiger partial charge in [-0.2, -0.15) is 0 Å². The minimum Gasteiger partial charge on any atom is -0.460 e. The smallest absolute Gasteiger partial charge is 0.309 e. The Labute approximate surface area is 137 Å². The fraction of sp³-hybridized carbons (Fsp3) is 0.667. The van der Waals surface area contributed by atoms with Crippen molar-refractivity contribution in [1.82, 2.24) is 0 Å². The first-order chi connectivity index (χ1) is 10.1. The minimum absolute atomic E-state index is 0.0250. The summed E-state index contributed by atoms with van der Waals surface area (Å²) in [6, 6.07) is 0. The molecule has 0 aromatic carbocycles. The molecule has 0 radical (unpaired) electrons. The van der Waals surface area contributed by atoms with E-state index in [4.69, 9.17) is 16.3 Å². The molecule has 22 heavy (non-hydrogen) atoms. The maximum atomic E-state index is 12.3. The number of allylic oxidation sites excluding steroid dienone is 4. The summed E-state index contributed by atoms with van der Waals surface area (Å²) >= 11 is 6.22. The topological polar surface area (TPSA) is 43.4 Å². The summed E-state index contributed by atoms with van der Waals surface area (Å²) in [4.78, 5) is 24.2. The van der Waals surface area contributed by atoms with Crippen molar-refractivity contribution in [2.75, 3.05) is 0 Å². The van der Waals surface area contributed by atoms with Crippen LogP contribution in [0.1, 0.15) is 47.5 Å². The SMILES string of the molecule is C[C@H]1C=C[C@@H]([C@@H](C)C(=O)OC(C)(C)C)CC2=C(Cl)C(=O)C[C@@H]21. The quantitative estimate of drug-likeness (QED) is 0.563. The van der Waals surface area contributed by atoms with Crippen molar-refractivity contribution >= 4 is 23.4 Å². The zero-order valence-corrected chi connectivity index (χ0v) is 14.7. The maximum Gasteiger partial charge on any atom is 0.309 e. The Bertz CT molecular complexity index is 539. The lowest BCUT2D eigenvalue weighted by atomic mass is 9.84. The number of rotatable bonds is 2. The first-order valence-electron chi connectivity index (χ1n) is 7.93. The molecule has 4 atom stereocenters. The van der Waals surface area contributed by atoms with Gasteiger partial charge >= 0.3 is 5.97 Å². The predicted molar refractivity (Wildman–Crippen MR) is 87.4 cm³/mol. The van der Waals surface area contributed by atoms with Crippen molar-refractivity contribution in [1.29, 1.82) is 0 Å². The molecular formula is C18H25ClO3. The highest BCUT2D eigenvalue weighted by atomic mass is 35.5. The van der Waals surface area contributed by atoms with E-state index in [2.05, 4.69) is 19.1 Å². The van der Waals surface area contributed by atoms with Crippen molar-refractivity contribution in [2.24, 2.45) is 23.7 Å². The third kappa shape index (κ3) is 3.62. The summed E-state index contributed by atoms with van der Waals surface area (Å²) in [5, 5.41) is 0.391. The van der Waals surface area contributed by atoms with E-state index in [-0.39, 0.29) is 35.4 Å². The summed E-state index contributed by atoms with van der Waals surface area (Å²) in [7, 11) is 0. The fourth-order valence-electron chi connectivity index (χ4n) is 3.19. The second-order valence-electron chi connectivity index (χ2n) is 7.51.